The van der Waals surface area contributed by atoms with Crippen molar-refractivity contribution in [3.8, 4) is 11.1 Å². The van der Waals surface area contributed by atoms with Crippen LogP contribution in [0.25, 0.3) is 11.1 Å². The summed E-state index contributed by atoms with van der Waals surface area (Å²) in [5.41, 5.74) is 4.62. The third-order valence-corrected chi connectivity index (χ3v) is 6.78. The van der Waals surface area contributed by atoms with Gasteiger partial charge in [0.15, 0.2) is 6.10 Å². The van der Waals surface area contributed by atoms with Crippen LogP contribution in [-0.2, 0) is 14.3 Å². The molecule has 2 amide bonds. The van der Waals surface area contributed by atoms with E-state index in [4.69, 9.17) is 9.84 Å². The molecule has 2 aromatic carbocycles. The number of benzene rings is 2. The molecule has 2 aliphatic carbocycles. The minimum atomic E-state index is -1.63. The quantitative estimate of drug-likeness (QED) is 0.474. The summed E-state index contributed by atoms with van der Waals surface area (Å²) in [6, 6.07) is 16.1. The number of fused-ring (bicyclic) bond motifs is 3. The van der Waals surface area contributed by atoms with Crippen molar-refractivity contribution in [2.75, 3.05) is 13.2 Å². The third kappa shape index (κ3) is 5.39. The van der Waals surface area contributed by atoms with Crippen molar-refractivity contribution >= 4 is 18.0 Å². The summed E-state index contributed by atoms with van der Waals surface area (Å²) in [6.07, 6.45) is 1.46. The van der Waals surface area contributed by atoms with Gasteiger partial charge in [-0.25, -0.2) is 9.59 Å². The number of aliphatic hydroxyl groups excluding tert-OH is 1. The molecule has 4 N–H and O–H groups in total. The van der Waals surface area contributed by atoms with Gasteiger partial charge in [-0.05, 0) is 41.0 Å². The normalized spacial score (nSPS) is 20.0. The molecular formula is C26H30N2O6. The average molecular weight is 467 g/mol. The molecule has 1 fully saturated rings. The largest absolute Gasteiger partial charge is 0.479 e. The second-order valence-corrected chi connectivity index (χ2v) is 8.98. The second kappa shape index (κ2) is 10.7. The van der Waals surface area contributed by atoms with Crippen LogP contribution in [0.4, 0.5) is 4.79 Å². The Morgan fingerprint density at radius 2 is 1.59 bits per heavy atom. The monoisotopic (exact) mass is 466 g/mol. The first-order chi connectivity index (χ1) is 16.4. The fourth-order valence-electron chi connectivity index (χ4n) is 5.04. The van der Waals surface area contributed by atoms with Gasteiger partial charge in [-0.2, -0.15) is 0 Å². The molecule has 1 saturated carbocycles. The van der Waals surface area contributed by atoms with Gasteiger partial charge in [-0.3, -0.25) is 4.79 Å². The number of aliphatic carboxylic acids is 1. The van der Waals surface area contributed by atoms with Gasteiger partial charge in [0, 0.05) is 18.4 Å². The van der Waals surface area contributed by atoms with Crippen LogP contribution in [0.3, 0.4) is 0 Å². The Morgan fingerprint density at radius 1 is 0.971 bits per heavy atom. The molecule has 0 aromatic heterocycles. The number of aliphatic hydroxyl groups is 1. The number of carbonyl (C=O) groups excluding carboxylic acids is 2. The number of carbonyl (C=O) groups is 3. The molecule has 8 heteroatoms. The van der Waals surface area contributed by atoms with Crippen LogP contribution < -0.4 is 10.6 Å². The molecule has 34 heavy (non-hydrogen) atoms. The fraction of sp³-hybridized carbons (Fsp3) is 0.423. The number of nitrogens with one attached hydrogen (secondary N) is 2. The summed E-state index contributed by atoms with van der Waals surface area (Å²) in [5, 5.41) is 23.5. The second-order valence-electron chi connectivity index (χ2n) is 8.98. The average Bonchev–Trinajstić information content (AvgIpc) is 3.16. The molecule has 0 aliphatic heterocycles. The van der Waals surface area contributed by atoms with Crippen LogP contribution in [0.1, 0.15) is 49.1 Å². The zero-order valence-electron chi connectivity index (χ0n) is 18.9. The van der Waals surface area contributed by atoms with Crippen LogP contribution in [0.5, 0.6) is 0 Å². The van der Waals surface area contributed by atoms with E-state index in [1.807, 2.05) is 24.3 Å². The lowest BCUT2D eigenvalue weighted by Gasteiger charge is -2.31. The van der Waals surface area contributed by atoms with E-state index in [9.17, 15) is 19.5 Å². The first-order valence-electron chi connectivity index (χ1n) is 11.7. The molecule has 2 aromatic rings. The Labute approximate surface area is 198 Å². The molecule has 1 unspecified atom stereocenters. The minimum absolute atomic E-state index is 0.0215. The van der Waals surface area contributed by atoms with Crippen LogP contribution in [0.2, 0.25) is 0 Å². The zero-order chi connectivity index (χ0) is 24.1. The van der Waals surface area contributed by atoms with E-state index in [0.29, 0.717) is 0 Å². The lowest BCUT2D eigenvalue weighted by molar-refractivity contribution is -0.146. The Kier molecular flexibility index (Phi) is 7.47. The summed E-state index contributed by atoms with van der Waals surface area (Å²) in [5.74, 6) is -1.82. The molecule has 0 spiro atoms. The predicted molar refractivity (Wildman–Crippen MR) is 125 cm³/mol. The van der Waals surface area contributed by atoms with E-state index in [-0.39, 0.29) is 43.4 Å². The van der Waals surface area contributed by atoms with Gasteiger partial charge >= 0.3 is 12.1 Å². The molecule has 3 atom stereocenters. The Hall–Kier alpha value is -3.39. The molecule has 0 saturated heterocycles. The van der Waals surface area contributed by atoms with E-state index in [2.05, 4.69) is 34.9 Å². The molecule has 0 bridgehead atoms. The van der Waals surface area contributed by atoms with E-state index in [0.717, 1.165) is 36.8 Å². The van der Waals surface area contributed by atoms with E-state index in [1.165, 1.54) is 11.1 Å². The Balaban J connectivity index is 1.32. The van der Waals surface area contributed by atoms with Crippen molar-refractivity contribution < 1.29 is 29.3 Å². The molecule has 0 radical (unpaired) electrons. The van der Waals surface area contributed by atoms with Crippen molar-refractivity contribution in [2.45, 2.75) is 50.2 Å². The van der Waals surface area contributed by atoms with Crippen LogP contribution in [-0.4, -0.2) is 53.5 Å². The number of hydrogen-bond acceptors (Lipinski definition) is 5. The highest BCUT2D eigenvalue weighted by Crippen LogP contribution is 2.44. The zero-order valence-corrected chi connectivity index (χ0v) is 18.9. The smallest absolute Gasteiger partial charge is 0.407 e. The number of rotatable bonds is 8. The topological polar surface area (TPSA) is 125 Å². The van der Waals surface area contributed by atoms with E-state index < -0.39 is 18.2 Å². The van der Waals surface area contributed by atoms with Gasteiger partial charge in [-0.1, -0.05) is 61.4 Å². The van der Waals surface area contributed by atoms with Crippen molar-refractivity contribution in [2.24, 2.45) is 5.92 Å². The number of carboxylic acids is 1. The van der Waals surface area contributed by atoms with E-state index in [1.54, 1.807) is 0 Å². The first-order valence-corrected chi connectivity index (χ1v) is 11.7. The highest BCUT2D eigenvalue weighted by Gasteiger charge is 2.31. The van der Waals surface area contributed by atoms with Gasteiger partial charge in [0.05, 0.1) is 6.54 Å². The molecule has 4 rings (SSSR count). The van der Waals surface area contributed by atoms with Crippen LogP contribution >= 0.6 is 0 Å². The predicted octanol–water partition coefficient (Wildman–Crippen LogP) is 3.04. The summed E-state index contributed by atoms with van der Waals surface area (Å²) in [7, 11) is 0. The maximum atomic E-state index is 12.7. The molecule has 0 heterocycles. The van der Waals surface area contributed by atoms with Crippen LogP contribution in [0.15, 0.2) is 48.5 Å². The summed E-state index contributed by atoms with van der Waals surface area (Å²) < 4.78 is 5.65. The maximum absolute atomic E-state index is 12.7. The molecule has 180 valence electrons. The first kappa shape index (κ1) is 23.8. The van der Waals surface area contributed by atoms with Crippen molar-refractivity contribution in [3.63, 3.8) is 0 Å². The van der Waals surface area contributed by atoms with Crippen molar-refractivity contribution in [3.05, 3.63) is 59.7 Å². The Bertz CT molecular complexity index is 1010. The molecule has 2 aliphatic rings. The fourth-order valence-corrected chi connectivity index (χ4v) is 5.04. The third-order valence-electron chi connectivity index (χ3n) is 6.78. The van der Waals surface area contributed by atoms with Gasteiger partial charge < -0.3 is 25.6 Å². The number of ether oxygens (including phenoxy) is 1. The lowest BCUT2D eigenvalue weighted by Crippen LogP contribution is -2.45. The van der Waals surface area contributed by atoms with Gasteiger partial charge in [0.1, 0.15) is 6.61 Å². The molecule has 8 nitrogen and oxygen atoms in total. The van der Waals surface area contributed by atoms with Crippen molar-refractivity contribution in [1.29, 1.82) is 0 Å². The van der Waals surface area contributed by atoms with Crippen molar-refractivity contribution in [1.82, 2.24) is 10.6 Å². The molecular weight excluding hydrogens is 436 g/mol. The maximum Gasteiger partial charge on any atom is 0.407 e. The highest BCUT2D eigenvalue weighted by atomic mass is 16.5. The number of alkyl carbamates (subject to hydrolysis) is 1. The Morgan fingerprint density at radius 3 is 2.24 bits per heavy atom. The van der Waals surface area contributed by atoms with E-state index >= 15 is 0 Å². The van der Waals surface area contributed by atoms with Gasteiger partial charge in [0.2, 0.25) is 5.91 Å². The van der Waals surface area contributed by atoms with Crippen LogP contribution in [0, 0.1) is 5.92 Å². The number of hydrogen-bond donors (Lipinski definition) is 4. The lowest BCUT2D eigenvalue weighted by atomic mass is 9.82. The van der Waals surface area contributed by atoms with Gasteiger partial charge in [0.25, 0.3) is 0 Å². The highest BCUT2D eigenvalue weighted by molar-refractivity contribution is 5.79. The number of amides is 2. The summed E-state index contributed by atoms with van der Waals surface area (Å²) >= 11 is 0. The number of carboxylic acid groups (broad SMARTS) is 1. The standard InChI is InChI=1S/C26H30N2O6/c29-23(25(31)32)14-27-24(30)13-16-7-1-6-12-22(16)28-26(33)34-15-21-19-10-4-2-8-17(19)18-9-3-5-11-20(18)21/h2-5,8-11,16,21-23,29H,1,6-7,12-15H2,(H,27,30)(H,28,33)(H,31,32)/t16-,22-,23?/m0/s1. The van der Waals surface area contributed by atoms with Gasteiger partial charge in [-0.15, -0.1) is 0 Å². The summed E-state index contributed by atoms with van der Waals surface area (Å²) in [6.45, 7) is -0.115. The SMILES string of the molecule is O=C(C[C@@H]1CCCC[C@@H]1NC(=O)OCC1c2ccccc2-c2ccccc21)NCC(O)C(=O)O. The minimum Gasteiger partial charge on any atom is -0.479 e. The summed E-state index contributed by atoms with van der Waals surface area (Å²) in [4.78, 5) is 35.6.